The Hall–Kier alpha value is -0.600. The van der Waals surface area contributed by atoms with Crippen molar-refractivity contribution in [1.29, 1.82) is 0 Å². The Morgan fingerprint density at radius 1 is 0.500 bits per heavy atom. The zero-order valence-electron chi connectivity index (χ0n) is 24.9. The van der Waals surface area contributed by atoms with Gasteiger partial charge in [-0.15, -0.1) is 11.6 Å². The van der Waals surface area contributed by atoms with E-state index in [1.54, 1.807) is 0 Å². The molecule has 0 saturated carbocycles. The molecule has 0 aromatic heterocycles. The second-order valence-corrected chi connectivity index (χ2v) is 8.99. The number of hydrogen-bond acceptors (Lipinski definition) is 11. The van der Waals surface area contributed by atoms with Crippen LogP contribution < -0.4 is 0 Å². The highest BCUT2D eigenvalue weighted by atomic mass is 35.5. The van der Waals surface area contributed by atoms with E-state index in [-0.39, 0.29) is 18.5 Å². The highest BCUT2D eigenvalue weighted by Gasteiger charge is 2.16. The zero-order valence-corrected chi connectivity index (χ0v) is 25.7. The topological polar surface area (TPSA) is 109 Å². The van der Waals surface area contributed by atoms with Crippen LogP contribution in [0.4, 0.5) is 0 Å². The van der Waals surface area contributed by atoms with E-state index in [2.05, 4.69) is 6.92 Å². The van der Waals surface area contributed by atoms with Gasteiger partial charge >= 0.3 is 5.97 Å². The fraction of sp³-hybridized carbons (Fsp3) is 0.964. The minimum absolute atomic E-state index is 0.000277. The average Bonchev–Trinajstić information content (AvgIpc) is 2.96. The first-order valence-electron chi connectivity index (χ1n) is 14.7. The Balaban J connectivity index is 3.15. The molecule has 0 aliphatic carbocycles. The van der Waals surface area contributed by atoms with Crippen molar-refractivity contribution >= 4 is 17.6 Å². The second-order valence-electron chi connectivity index (χ2n) is 8.62. The summed E-state index contributed by atoms with van der Waals surface area (Å²) < 4.78 is 53.9. The Morgan fingerprint density at radius 2 is 0.800 bits per heavy atom. The second kappa shape index (κ2) is 34.6. The molecule has 0 amide bonds. The maximum Gasteiger partial charge on any atom is 0.308 e. The normalized spacial score (nSPS) is 12.2. The smallest absolute Gasteiger partial charge is 0.308 e. The molecule has 0 N–H and O–H groups in total. The van der Waals surface area contributed by atoms with Crippen LogP contribution in [-0.2, 0) is 52.2 Å². The van der Waals surface area contributed by atoms with Gasteiger partial charge < -0.3 is 47.4 Å². The third kappa shape index (κ3) is 30.4. The summed E-state index contributed by atoms with van der Waals surface area (Å²) in [6, 6.07) is 0. The van der Waals surface area contributed by atoms with Crippen LogP contribution in [0.1, 0.15) is 39.5 Å². The largest absolute Gasteiger partial charge is 0.463 e. The summed E-state index contributed by atoms with van der Waals surface area (Å²) in [7, 11) is 0. The van der Waals surface area contributed by atoms with Gasteiger partial charge in [-0.1, -0.05) is 26.7 Å². The van der Waals surface area contributed by atoms with Gasteiger partial charge in [0.1, 0.15) is 6.61 Å². The molecule has 40 heavy (non-hydrogen) atoms. The number of ether oxygens (including phenoxy) is 10. The Labute approximate surface area is 246 Å². The van der Waals surface area contributed by atoms with E-state index >= 15 is 0 Å². The minimum Gasteiger partial charge on any atom is -0.463 e. The molecule has 0 radical (unpaired) electrons. The van der Waals surface area contributed by atoms with Gasteiger partial charge in [-0.05, 0) is 12.8 Å². The number of hydrogen-bond donors (Lipinski definition) is 0. The molecule has 0 heterocycles. The molecule has 1 atom stereocenters. The monoisotopic (exact) mass is 602 g/mol. The van der Waals surface area contributed by atoms with Crippen LogP contribution in [0.15, 0.2) is 0 Å². The highest BCUT2D eigenvalue weighted by Crippen LogP contribution is 2.14. The molecule has 1 unspecified atom stereocenters. The van der Waals surface area contributed by atoms with Crippen LogP contribution in [0, 0.1) is 5.92 Å². The lowest BCUT2D eigenvalue weighted by Crippen LogP contribution is -2.20. The molecule has 0 bridgehead atoms. The molecule has 0 fully saturated rings. The summed E-state index contributed by atoms with van der Waals surface area (Å²) in [6.45, 7) is 13.5. The van der Waals surface area contributed by atoms with Crippen molar-refractivity contribution in [3.05, 3.63) is 0 Å². The number of carbonyl (C=O) groups excluding carboxylic acids is 1. The quantitative estimate of drug-likeness (QED) is 0.0615. The van der Waals surface area contributed by atoms with Crippen molar-refractivity contribution in [1.82, 2.24) is 0 Å². The van der Waals surface area contributed by atoms with E-state index < -0.39 is 0 Å². The van der Waals surface area contributed by atoms with Crippen LogP contribution in [-0.4, -0.2) is 137 Å². The molecular formula is C28H55ClO11. The first-order chi connectivity index (χ1) is 19.8. The molecule has 11 nitrogen and oxygen atoms in total. The lowest BCUT2D eigenvalue weighted by Gasteiger charge is -2.13. The summed E-state index contributed by atoms with van der Waals surface area (Å²) in [5.74, 6) is 0.378. The van der Waals surface area contributed by atoms with Gasteiger partial charge in [0.25, 0.3) is 0 Å². The van der Waals surface area contributed by atoms with Crippen LogP contribution in [0.2, 0.25) is 0 Å². The summed E-state index contributed by atoms with van der Waals surface area (Å²) in [6.07, 6.45) is 3.84. The lowest BCUT2D eigenvalue weighted by molar-refractivity contribution is -0.150. The maximum atomic E-state index is 12.0. The Morgan fingerprint density at radius 3 is 1.07 bits per heavy atom. The van der Waals surface area contributed by atoms with Crippen molar-refractivity contribution in [3.63, 3.8) is 0 Å². The summed E-state index contributed by atoms with van der Waals surface area (Å²) in [4.78, 5) is 12.0. The SMILES string of the molecule is CCCCC(CC)C(=O)OCCOCCOCCOCCOCCOCCOCCOCCOCCOCCCl. The number of unbranched alkanes of at least 4 members (excludes halogenated alkanes) is 1. The van der Waals surface area contributed by atoms with Gasteiger partial charge in [-0.2, -0.15) is 0 Å². The number of halogens is 1. The number of esters is 1. The van der Waals surface area contributed by atoms with E-state index in [9.17, 15) is 4.79 Å². The number of rotatable bonds is 34. The van der Waals surface area contributed by atoms with Gasteiger partial charge in [-0.3, -0.25) is 4.79 Å². The van der Waals surface area contributed by atoms with Crippen LogP contribution >= 0.6 is 11.6 Å². The molecule has 0 saturated heterocycles. The number of carbonyl (C=O) groups is 1. The minimum atomic E-state index is -0.119. The zero-order chi connectivity index (χ0) is 29.2. The Bertz CT molecular complexity index is 503. The molecule has 0 aromatic rings. The highest BCUT2D eigenvalue weighted by molar-refractivity contribution is 6.17. The first-order valence-corrected chi connectivity index (χ1v) is 15.2. The van der Waals surface area contributed by atoms with Crippen molar-refractivity contribution in [2.75, 3.05) is 131 Å². The maximum absolute atomic E-state index is 12.0. The van der Waals surface area contributed by atoms with Crippen molar-refractivity contribution in [2.45, 2.75) is 39.5 Å². The third-order valence-corrected chi connectivity index (χ3v) is 5.56. The van der Waals surface area contributed by atoms with Gasteiger partial charge in [0.15, 0.2) is 0 Å². The predicted molar refractivity (Wildman–Crippen MR) is 152 cm³/mol. The Kier molecular flexibility index (Phi) is 34.1. The van der Waals surface area contributed by atoms with E-state index in [0.29, 0.717) is 125 Å². The molecule has 0 aliphatic rings. The van der Waals surface area contributed by atoms with Gasteiger partial charge in [-0.25, -0.2) is 0 Å². The van der Waals surface area contributed by atoms with Crippen LogP contribution in [0.25, 0.3) is 0 Å². The van der Waals surface area contributed by atoms with E-state index in [1.165, 1.54) is 0 Å². The van der Waals surface area contributed by atoms with Crippen molar-refractivity contribution in [2.24, 2.45) is 5.92 Å². The van der Waals surface area contributed by atoms with Gasteiger partial charge in [0.05, 0.1) is 125 Å². The standard InChI is InChI=1S/C28H55ClO11/c1-3-5-6-27(4-2)28(30)40-26-25-39-24-23-38-22-21-37-20-19-36-18-17-35-16-15-34-14-13-33-12-11-32-10-9-31-8-7-29/h27H,3-26H2,1-2H3. The third-order valence-electron chi connectivity index (χ3n) is 5.40. The summed E-state index contributed by atoms with van der Waals surface area (Å²) in [5, 5.41) is 0. The van der Waals surface area contributed by atoms with Gasteiger partial charge in [0, 0.05) is 5.88 Å². The van der Waals surface area contributed by atoms with Crippen molar-refractivity contribution < 1.29 is 52.2 Å². The molecular weight excluding hydrogens is 548 g/mol. The van der Waals surface area contributed by atoms with Crippen LogP contribution in [0.3, 0.4) is 0 Å². The summed E-state index contributed by atoms with van der Waals surface area (Å²) >= 11 is 5.50. The fourth-order valence-electron chi connectivity index (χ4n) is 3.17. The van der Waals surface area contributed by atoms with E-state index in [4.69, 9.17) is 59.0 Å². The molecule has 12 heteroatoms. The first kappa shape index (κ1) is 39.4. The van der Waals surface area contributed by atoms with Crippen molar-refractivity contribution in [3.8, 4) is 0 Å². The average molecular weight is 603 g/mol. The number of alkyl halides is 1. The van der Waals surface area contributed by atoms with E-state index in [0.717, 1.165) is 25.7 Å². The molecule has 0 spiro atoms. The molecule has 0 aromatic carbocycles. The lowest BCUT2D eigenvalue weighted by atomic mass is 10.00. The van der Waals surface area contributed by atoms with E-state index in [1.807, 2.05) is 6.92 Å². The molecule has 0 rings (SSSR count). The fourth-order valence-corrected chi connectivity index (χ4v) is 3.28. The summed E-state index contributed by atoms with van der Waals surface area (Å²) in [5.41, 5.74) is 0. The van der Waals surface area contributed by atoms with Crippen LogP contribution in [0.5, 0.6) is 0 Å². The predicted octanol–water partition coefficient (Wildman–Crippen LogP) is 3.13. The van der Waals surface area contributed by atoms with Gasteiger partial charge in [0.2, 0.25) is 0 Å². The molecule has 240 valence electrons. The molecule has 0 aliphatic heterocycles.